The van der Waals surface area contributed by atoms with Crippen molar-refractivity contribution in [2.24, 2.45) is 13.0 Å². The molecule has 0 aliphatic carbocycles. The van der Waals surface area contributed by atoms with Crippen LogP contribution in [0.25, 0.3) is 0 Å². The monoisotopic (exact) mass is 294 g/mol. The Morgan fingerprint density at radius 3 is 2.67 bits per heavy atom. The predicted octanol–water partition coefficient (Wildman–Crippen LogP) is 0.913. The van der Waals surface area contributed by atoms with Crippen molar-refractivity contribution in [3.05, 3.63) is 11.6 Å². The number of piperidine rings is 1. The van der Waals surface area contributed by atoms with E-state index >= 15 is 0 Å². The summed E-state index contributed by atoms with van der Waals surface area (Å²) < 4.78 is 7.40. The summed E-state index contributed by atoms with van der Waals surface area (Å²) in [4.78, 5) is 2.57. The molecule has 2 aliphatic rings. The standard InChI is InChI=1S/C15H26N4O2/c1-18-14(10-20)16-17-15(18)13-3-7-19(8-4-13)6-2-12-5-9-21-11-12/h12-13,20H,2-11H2,1H3/t12-/m0/s1. The largest absolute Gasteiger partial charge is 0.388 e. The van der Waals surface area contributed by atoms with E-state index in [4.69, 9.17) is 4.74 Å². The lowest BCUT2D eigenvalue weighted by molar-refractivity contribution is 0.168. The topological polar surface area (TPSA) is 63.4 Å². The van der Waals surface area contributed by atoms with E-state index in [1.165, 1.54) is 19.4 Å². The zero-order valence-electron chi connectivity index (χ0n) is 12.9. The van der Waals surface area contributed by atoms with Crippen LogP contribution in [0.5, 0.6) is 0 Å². The molecule has 1 aromatic rings. The number of likely N-dealkylation sites (tertiary alicyclic amines) is 1. The Hall–Kier alpha value is -0.980. The lowest BCUT2D eigenvalue weighted by atomic mass is 9.95. The summed E-state index contributed by atoms with van der Waals surface area (Å²) in [6, 6.07) is 0. The molecule has 6 heteroatoms. The summed E-state index contributed by atoms with van der Waals surface area (Å²) in [6.07, 6.45) is 4.78. The molecular weight excluding hydrogens is 268 g/mol. The second-order valence-corrected chi connectivity index (χ2v) is 6.33. The Kier molecular flexibility index (Phi) is 4.87. The van der Waals surface area contributed by atoms with Gasteiger partial charge >= 0.3 is 0 Å². The fraction of sp³-hybridized carbons (Fsp3) is 0.867. The van der Waals surface area contributed by atoms with Gasteiger partial charge in [-0.3, -0.25) is 0 Å². The predicted molar refractivity (Wildman–Crippen MR) is 78.9 cm³/mol. The average molecular weight is 294 g/mol. The third kappa shape index (κ3) is 3.44. The molecule has 0 saturated carbocycles. The van der Waals surface area contributed by atoms with Crippen LogP contribution in [0.3, 0.4) is 0 Å². The van der Waals surface area contributed by atoms with Crippen molar-refractivity contribution < 1.29 is 9.84 Å². The molecule has 0 aromatic carbocycles. The van der Waals surface area contributed by atoms with Crippen molar-refractivity contribution in [2.45, 2.75) is 38.2 Å². The lowest BCUT2D eigenvalue weighted by Gasteiger charge is -2.31. The van der Waals surface area contributed by atoms with Gasteiger partial charge in [-0.25, -0.2) is 0 Å². The zero-order chi connectivity index (χ0) is 14.7. The van der Waals surface area contributed by atoms with Crippen LogP contribution < -0.4 is 0 Å². The average Bonchev–Trinajstić information content (AvgIpc) is 3.15. The van der Waals surface area contributed by atoms with Crippen molar-refractivity contribution >= 4 is 0 Å². The molecule has 0 amide bonds. The Morgan fingerprint density at radius 1 is 1.24 bits per heavy atom. The minimum Gasteiger partial charge on any atom is -0.388 e. The summed E-state index contributed by atoms with van der Waals surface area (Å²) in [5.41, 5.74) is 0. The second-order valence-electron chi connectivity index (χ2n) is 6.33. The van der Waals surface area contributed by atoms with Crippen LogP contribution in [0.15, 0.2) is 0 Å². The SMILES string of the molecule is Cn1c(CO)nnc1C1CCN(CC[C@H]2CCOC2)CC1. The van der Waals surface area contributed by atoms with E-state index in [1.807, 2.05) is 11.6 Å². The van der Waals surface area contributed by atoms with Gasteiger partial charge in [0, 0.05) is 26.2 Å². The summed E-state index contributed by atoms with van der Waals surface area (Å²) in [5, 5.41) is 17.5. The Morgan fingerprint density at radius 2 is 2.05 bits per heavy atom. The maximum atomic E-state index is 9.20. The molecule has 0 unspecified atom stereocenters. The number of rotatable bonds is 5. The number of aliphatic hydroxyl groups excluding tert-OH is 1. The smallest absolute Gasteiger partial charge is 0.158 e. The van der Waals surface area contributed by atoms with Crippen LogP contribution in [0.4, 0.5) is 0 Å². The van der Waals surface area contributed by atoms with Gasteiger partial charge in [0.1, 0.15) is 12.4 Å². The second kappa shape index (κ2) is 6.85. The maximum absolute atomic E-state index is 9.20. The van der Waals surface area contributed by atoms with E-state index in [-0.39, 0.29) is 6.61 Å². The van der Waals surface area contributed by atoms with E-state index in [9.17, 15) is 5.11 Å². The molecule has 6 nitrogen and oxygen atoms in total. The highest BCUT2D eigenvalue weighted by Crippen LogP contribution is 2.27. The normalized spacial score (nSPS) is 24.8. The number of hydrogen-bond donors (Lipinski definition) is 1. The molecule has 118 valence electrons. The van der Waals surface area contributed by atoms with E-state index in [0.717, 1.165) is 50.9 Å². The van der Waals surface area contributed by atoms with Gasteiger partial charge < -0.3 is 19.3 Å². The number of aromatic nitrogens is 3. The molecule has 1 atom stereocenters. The van der Waals surface area contributed by atoms with Crippen LogP contribution in [-0.2, 0) is 18.4 Å². The van der Waals surface area contributed by atoms with E-state index in [0.29, 0.717) is 11.7 Å². The molecule has 2 saturated heterocycles. The van der Waals surface area contributed by atoms with Crippen molar-refractivity contribution in [3.8, 4) is 0 Å². The molecule has 0 radical (unpaired) electrons. The van der Waals surface area contributed by atoms with E-state index < -0.39 is 0 Å². The summed E-state index contributed by atoms with van der Waals surface area (Å²) in [7, 11) is 1.95. The number of aliphatic hydroxyl groups is 1. The number of ether oxygens (including phenoxy) is 1. The minimum absolute atomic E-state index is 0.0359. The van der Waals surface area contributed by atoms with E-state index in [2.05, 4.69) is 15.1 Å². The molecule has 3 rings (SSSR count). The maximum Gasteiger partial charge on any atom is 0.158 e. The highest BCUT2D eigenvalue weighted by molar-refractivity contribution is 5.02. The Bertz CT molecular complexity index is 449. The van der Waals surface area contributed by atoms with Gasteiger partial charge in [0.05, 0.1) is 0 Å². The molecule has 21 heavy (non-hydrogen) atoms. The first-order valence-electron chi connectivity index (χ1n) is 8.07. The van der Waals surface area contributed by atoms with Gasteiger partial charge in [-0.2, -0.15) is 0 Å². The fourth-order valence-corrected chi connectivity index (χ4v) is 3.46. The van der Waals surface area contributed by atoms with Crippen molar-refractivity contribution in [3.63, 3.8) is 0 Å². The third-order valence-corrected chi connectivity index (χ3v) is 4.97. The quantitative estimate of drug-likeness (QED) is 0.874. The van der Waals surface area contributed by atoms with Gasteiger partial charge in [-0.1, -0.05) is 0 Å². The van der Waals surface area contributed by atoms with Crippen LogP contribution in [0, 0.1) is 5.92 Å². The highest BCUT2D eigenvalue weighted by atomic mass is 16.5. The Labute approximate surface area is 126 Å². The van der Waals surface area contributed by atoms with Crippen LogP contribution in [0.2, 0.25) is 0 Å². The molecule has 1 aromatic heterocycles. The van der Waals surface area contributed by atoms with Crippen LogP contribution >= 0.6 is 0 Å². The van der Waals surface area contributed by atoms with Crippen LogP contribution in [-0.4, -0.2) is 57.6 Å². The first kappa shape index (κ1) is 14.9. The molecular formula is C15H26N4O2. The molecule has 2 aliphatic heterocycles. The van der Waals surface area contributed by atoms with Gasteiger partial charge in [0.2, 0.25) is 0 Å². The van der Waals surface area contributed by atoms with E-state index in [1.54, 1.807) is 0 Å². The van der Waals surface area contributed by atoms with Gasteiger partial charge in [0.25, 0.3) is 0 Å². The van der Waals surface area contributed by atoms with Crippen molar-refractivity contribution in [1.29, 1.82) is 0 Å². The summed E-state index contributed by atoms with van der Waals surface area (Å²) in [6.45, 7) is 5.35. The molecule has 0 bridgehead atoms. The van der Waals surface area contributed by atoms with Gasteiger partial charge in [0.15, 0.2) is 5.82 Å². The van der Waals surface area contributed by atoms with Gasteiger partial charge in [-0.05, 0) is 51.2 Å². The zero-order valence-corrected chi connectivity index (χ0v) is 12.9. The molecule has 0 spiro atoms. The van der Waals surface area contributed by atoms with Crippen LogP contribution in [0.1, 0.15) is 43.3 Å². The lowest BCUT2D eigenvalue weighted by Crippen LogP contribution is -2.35. The van der Waals surface area contributed by atoms with Crippen molar-refractivity contribution in [2.75, 3.05) is 32.8 Å². The third-order valence-electron chi connectivity index (χ3n) is 4.97. The number of nitrogens with zero attached hydrogens (tertiary/aromatic N) is 4. The first-order valence-corrected chi connectivity index (χ1v) is 8.07. The Balaban J connectivity index is 1.46. The van der Waals surface area contributed by atoms with Crippen molar-refractivity contribution in [1.82, 2.24) is 19.7 Å². The highest BCUT2D eigenvalue weighted by Gasteiger charge is 2.25. The number of hydrogen-bond acceptors (Lipinski definition) is 5. The molecule has 2 fully saturated rings. The summed E-state index contributed by atoms with van der Waals surface area (Å²) >= 11 is 0. The minimum atomic E-state index is -0.0359. The molecule has 1 N–H and O–H groups in total. The molecule has 3 heterocycles. The fourth-order valence-electron chi connectivity index (χ4n) is 3.46. The van der Waals surface area contributed by atoms with Gasteiger partial charge in [-0.15, -0.1) is 10.2 Å². The summed E-state index contributed by atoms with van der Waals surface area (Å²) in [5.74, 6) is 2.94. The first-order chi connectivity index (χ1) is 10.3.